The number of hydrogen-bond acceptors (Lipinski definition) is 3. The standard InChI is InChI=1S/C16H14BrClO3/c1-20-14-3-2-9(7-13(14)17)15(19)12-8-11(18)6-10-4-5-21-16(10)12/h2-3,6-8,15,19H,4-5H2,1H3. The third kappa shape index (κ3) is 2.76. The lowest BCUT2D eigenvalue weighted by Gasteiger charge is -2.16. The van der Waals surface area contributed by atoms with Gasteiger partial charge in [-0.05, 0) is 51.3 Å². The highest BCUT2D eigenvalue weighted by Gasteiger charge is 2.23. The Balaban J connectivity index is 2.03. The second-order valence-electron chi connectivity index (χ2n) is 4.88. The van der Waals surface area contributed by atoms with Crippen LogP contribution in [-0.4, -0.2) is 18.8 Å². The highest BCUT2D eigenvalue weighted by Crippen LogP contribution is 2.39. The molecule has 0 fully saturated rings. The number of hydrogen-bond donors (Lipinski definition) is 1. The highest BCUT2D eigenvalue weighted by molar-refractivity contribution is 9.10. The molecule has 1 heterocycles. The molecule has 0 saturated carbocycles. The fourth-order valence-electron chi connectivity index (χ4n) is 2.53. The molecule has 3 rings (SSSR count). The molecule has 2 aromatic carbocycles. The number of fused-ring (bicyclic) bond motifs is 1. The SMILES string of the molecule is COc1ccc(C(O)c2cc(Cl)cc3c2OCC3)cc1Br. The smallest absolute Gasteiger partial charge is 0.133 e. The summed E-state index contributed by atoms with van der Waals surface area (Å²) in [6.07, 6.45) is 0.0276. The molecule has 1 N–H and O–H groups in total. The lowest BCUT2D eigenvalue weighted by molar-refractivity contribution is 0.213. The summed E-state index contributed by atoms with van der Waals surface area (Å²) in [5, 5.41) is 11.3. The van der Waals surface area contributed by atoms with Crippen LogP contribution in [0.25, 0.3) is 0 Å². The Morgan fingerprint density at radius 1 is 1.33 bits per heavy atom. The zero-order valence-electron chi connectivity index (χ0n) is 11.4. The maximum Gasteiger partial charge on any atom is 0.133 e. The average molecular weight is 370 g/mol. The largest absolute Gasteiger partial charge is 0.496 e. The van der Waals surface area contributed by atoms with Crippen molar-refractivity contribution in [1.29, 1.82) is 0 Å². The van der Waals surface area contributed by atoms with E-state index in [0.29, 0.717) is 17.2 Å². The molecule has 0 bridgehead atoms. The normalized spacial score (nSPS) is 14.5. The first-order valence-electron chi connectivity index (χ1n) is 6.56. The Bertz CT molecular complexity index is 687. The first kappa shape index (κ1) is 14.7. The van der Waals surface area contributed by atoms with Gasteiger partial charge < -0.3 is 14.6 Å². The highest BCUT2D eigenvalue weighted by atomic mass is 79.9. The van der Waals surface area contributed by atoms with Crippen LogP contribution in [0, 0.1) is 0 Å². The maximum atomic E-state index is 10.7. The number of ether oxygens (including phenoxy) is 2. The Labute approximate surface area is 136 Å². The zero-order valence-corrected chi connectivity index (χ0v) is 13.7. The molecule has 1 unspecified atom stereocenters. The number of benzene rings is 2. The fraction of sp³-hybridized carbons (Fsp3) is 0.250. The van der Waals surface area contributed by atoms with Crippen molar-refractivity contribution < 1.29 is 14.6 Å². The van der Waals surface area contributed by atoms with Crippen molar-refractivity contribution in [1.82, 2.24) is 0 Å². The second-order valence-corrected chi connectivity index (χ2v) is 6.17. The lowest BCUT2D eigenvalue weighted by atomic mass is 9.98. The van der Waals surface area contributed by atoms with E-state index in [0.717, 1.165) is 33.5 Å². The third-order valence-corrected chi connectivity index (χ3v) is 4.40. The molecule has 2 aromatic rings. The summed E-state index contributed by atoms with van der Waals surface area (Å²) < 4.78 is 11.6. The number of aliphatic hydroxyl groups is 1. The molecule has 3 nitrogen and oxygen atoms in total. The molecule has 0 amide bonds. The van der Waals surface area contributed by atoms with E-state index in [1.54, 1.807) is 13.2 Å². The van der Waals surface area contributed by atoms with E-state index in [4.69, 9.17) is 21.1 Å². The fourth-order valence-corrected chi connectivity index (χ4v) is 3.34. The van der Waals surface area contributed by atoms with Gasteiger partial charge in [-0.15, -0.1) is 0 Å². The van der Waals surface area contributed by atoms with Gasteiger partial charge in [0, 0.05) is 17.0 Å². The van der Waals surface area contributed by atoms with Crippen LogP contribution >= 0.6 is 27.5 Å². The molecular formula is C16H14BrClO3. The number of halogens is 2. The van der Waals surface area contributed by atoms with Gasteiger partial charge in [0.2, 0.25) is 0 Å². The van der Waals surface area contributed by atoms with Crippen LogP contribution < -0.4 is 9.47 Å². The number of methoxy groups -OCH3 is 1. The quantitative estimate of drug-likeness (QED) is 0.884. The monoisotopic (exact) mass is 368 g/mol. The van der Waals surface area contributed by atoms with E-state index in [-0.39, 0.29) is 0 Å². The molecule has 21 heavy (non-hydrogen) atoms. The van der Waals surface area contributed by atoms with Crippen LogP contribution in [0.2, 0.25) is 5.02 Å². The van der Waals surface area contributed by atoms with E-state index in [2.05, 4.69) is 15.9 Å². The van der Waals surface area contributed by atoms with Gasteiger partial charge in [0.15, 0.2) is 0 Å². The van der Waals surface area contributed by atoms with Gasteiger partial charge in [-0.1, -0.05) is 17.7 Å². The van der Waals surface area contributed by atoms with Crippen molar-refractivity contribution in [2.24, 2.45) is 0 Å². The van der Waals surface area contributed by atoms with Crippen LogP contribution in [0.15, 0.2) is 34.8 Å². The minimum absolute atomic E-state index is 0.612. The molecule has 0 radical (unpaired) electrons. The molecule has 0 saturated heterocycles. The van der Waals surface area contributed by atoms with Gasteiger partial charge in [-0.2, -0.15) is 0 Å². The zero-order chi connectivity index (χ0) is 15.0. The third-order valence-electron chi connectivity index (χ3n) is 3.56. The van der Waals surface area contributed by atoms with Crippen molar-refractivity contribution in [3.63, 3.8) is 0 Å². The lowest BCUT2D eigenvalue weighted by Crippen LogP contribution is -2.03. The molecule has 5 heteroatoms. The van der Waals surface area contributed by atoms with Crippen molar-refractivity contribution in [3.05, 3.63) is 56.5 Å². The molecule has 0 spiro atoms. The van der Waals surface area contributed by atoms with Gasteiger partial charge in [-0.25, -0.2) is 0 Å². The van der Waals surface area contributed by atoms with Crippen LogP contribution in [0.5, 0.6) is 11.5 Å². The van der Waals surface area contributed by atoms with Crippen LogP contribution in [0.4, 0.5) is 0 Å². The first-order valence-corrected chi connectivity index (χ1v) is 7.74. The summed E-state index contributed by atoms with van der Waals surface area (Å²) in [6, 6.07) is 9.13. The van der Waals surface area contributed by atoms with Crippen LogP contribution in [0.3, 0.4) is 0 Å². The molecule has 1 aliphatic heterocycles. The molecule has 1 atom stereocenters. The van der Waals surface area contributed by atoms with E-state index in [9.17, 15) is 5.11 Å². The van der Waals surface area contributed by atoms with E-state index in [1.165, 1.54) is 0 Å². The second kappa shape index (κ2) is 5.87. The summed E-state index contributed by atoms with van der Waals surface area (Å²) in [6.45, 7) is 0.627. The van der Waals surface area contributed by atoms with E-state index < -0.39 is 6.10 Å². The van der Waals surface area contributed by atoms with Gasteiger partial charge in [0.25, 0.3) is 0 Å². The number of aliphatic hydroxyl groups excluding tert-OH is 1. The minimum Gasteiger partial charge on any atom is -0.496 e. The molecule has 0 aromatic heterocycles. The molecular weight excluding hydrogens is 356 g/mol. The summed E-state index contributed by atoms with van der Waals surface area (Å²) >= 11 is 9.57. The Hall–Kier alpha value is -1.23. The van der Waals surface area contributed by atoms with Crippen molar-refractivity contribution in [2.75, 3.05) is 13.7 Å². The van der Waals surface area contributed by atoms with E-state index in [1.807, 2.05) is 24.3 Å². The summed E-state index contributed by atoms with van der Waals surface area (Å²) in [4.78, 5) is 0. The summed E-state index contributed by atoms with van der Waals surface area (Å²) in [5.74, 6) is 1.47. The van der Waals surface area contributed by atoms with Gasteiger partial charge in [-0.3, -0.25) is 0 Å². The Morgan fingerprint density at radius 3 is 2.86 bits per heavy atom. The average Bonchev–Trinajstić information content (AvgIpc) is 2.93. The van der Waals surface area contributed by atoms with Crippen molar-refractivity contribution >= 4 is 27.5 Å². The predicted octanol–water partition coefficient (Wildman–Crippen LogP) is 4.13. The van der Waals surface area contributed by atoms with Gasteiger partial charge >= 0.3 is 0 Å². The number of rotatable bonds is 3. The predicted molar refractivity (Wildman–Crippen MR) is 85.4 cm³/mol. The minimum atomic E-state index is -0.794. The van der Waals surface area contributed by atoms with E-state index >= 15 is 0 Å². The van der Waals surface area contributed by atoms with Crippen molar-refractivity contribution in [2.45, 2.75) is 12.5 Å². The van der Waals surface area contributed by atoms with Crippen LogP contribution in [-0.2, 0) is 6.42 Å². The molecule has 1 aliphatic rings. The topological polar surface area (TPSA) is 38.7 Å². The Kier molecular flexibility index (Phi) is 4.11. The molecule has 0 aliphatic carbocycles. The first-order chi connectivity index (χ1) is 10.1. The van der Waals surface area contributed by atoms with Crippen LogP contribution in [0.1, 0.15) is 22.8 Å². The Morgan fingerprint density at radius 2 is 2.14 bits per heavy atom. The van der Waals surface area contributed by atoms with Gasteiger partial charge in [0.05, 0.1) is 18.2 Å². The van der Waals surface area contributed by atoms with Crippen molar-refractivity contribution in [3.8, 4) is 11.5 Å². The summed E-state index contributed by atoms with van der Waals surface area (Å²) in [5.41, 5.74) is 2.50. The van der Waals surface area contributed by atoms with Gasteiger partial charge in [0.1, 0.15) is 17.6 Å². The molecule has 110 valence electrons. The summed E-state index contributed by atoms with van der Waals surface area (Å²) in [7, 11) is 1.61. The maximum absolute atomic E-state index is 10.7.